The molecule has 2 N–H and O–H groups in total. The molecule has 0 amide bonds. The van der Waals surface area contributed by atoms with Crippen LogP contribution in [0.4, 0.5) is 5.88 Å². The maximum Gasteiger partial charge on any atom is 0.433 e. The Labute approximate surface area is 110 Å². The SMILES string of the molecule is O=C(c1ccc2[nH]c(=O)[nH]c2c1)c1ccc([N+](=O)[O-])o1. The third-order valence-electron chi connectivity index (χ3n) is 2.77. The van der Waals surface area contributed by atoms with Gasteiger partial charge < -0.3 is 14.4 Å². The minimum absolute atomic E-state index is 0.131. The summed E-state index contributed by atoms with van der Waals surface area (Å²) >= 11 is 0. The highest BCUT2D eigenvalue weighted by molar-refractivity contribution is 6.08. The molecule has 0 aliphatic carbocycles. The zero-order valence-corrected chi connectivity index (χ0v) is 9.88. The minimum Gasteiger partial charge on any atom is -0.397 e. The maximum atomic E-state index is 12.1. The molecule has 3 aromatic rings. The van der Waals surface area contributed by atoms with Gasteiger partial charge in [0, 0.05) is 5.56 Å². The van der Waals surface area contributed by atoms with Crippen LogP contribution in [0, 0.1) is 10.1 Å². The molecule has 0 bridgehead atoms. The molecule has 8 heteroatoms. The van der Waals surface area contributed by atoms with E-state index in [1.54, 1.807) is 6.07 Å². The average Bonchev–Trinajstić information content (AvgIpc) is 3.02. The van der Waals surface area contributed by atoms with Crippen molar-refractivity contribution in [3.63, 3.8) is 0 Å². The van der Waals surface area contributed by atoms with Gasteiger partial charge in [0.25, 0.3) is 0 Å². The number of nitrogens with one attached hydrogen (secondary N) is 2. The lowest BCUT2D eigenvalue weighted by molar-refractivity contribution is -0.402. The number of carbonyl (C=O) groups excluding carboxylic acids is 1. The number of aromatic amines is 2. The molecule has 0 saturated carbocycles. The fourth-order valence-electron chi connectivity index (χ4n) is 1.86. The zero-order chi connectivity index (χ0) is 14.3. The van der Waals surface area contributed by atoms with Crippen molar-refractivity contribution in [1.82, 2.24) is 9.97 Å². The van der Waals surface area contributed by atoms with Crippen LogP contribution in [0.5, 0.6) is 0 Å². The first-order valence-electron chi connectivity index (χ1n) is 5.55. The van der Waals surface area contributed by atoms with Gasteiger partial charge in [-0.1, -0.05) is 0 Å². The summed E-state index contributed by atoms with van der Waals surface area (Å²) < 4.78 is 4.85. The molecule has 0 saturated heterocycles. The van der Waals surface area contributed by atoms with E-state index in [0.717, 1.165) is 6.07 Å². The molecule has 0 unspecified atom stereocenters. The summed E-state index contributed by atoms with van der Waals surface area (Å²) in [6.07, 6.45) is 0. The molecule has 8 nitrogen and oxygen atoms in total. The normalized spacial score (nSPS) is 10.8. The van der Waals surface area contributed by atoms with E-state index < -0.39 is 16.6 Å². The Balaban J connectivity index is 2.02. The average molecular weight is 273 g/mol. The quantitative estimate of drug-likeness (QED) is 0.426. The van der Waals surface area contributed by atoms with Crippen LogP contribution in [0.15, 0.2) is 39.5 Å². The molecule has 0 atom stereocenters. The summed E-state index contributed by atoms with van der Waals surface area (Å²) in [5, 5.41) is 10.5. The summed E-state index contributed by atoms with van der Waals surface area (Å²) in [6.45, 7) is 0. The van der Waals surface area contributed by atoms with E-state index in [4.69, 9.17) is 4.42 Å². The zero-order valence-electron chi connectivity index (χ0n) is 9.88. The number of furan rings is 1. The van der Waals surface area contributed by atoms with Crippen LogP contribution in [0.25, 0.3) is 11.0 Å². The minimum atomic E-state index is -0.719. The molecule has 3 rings (SSSR count). The number of aromatic nitrogens is 2. The lowest BCUT2D eigenvalue weighted by atomic mass is 10.1. The number of hydrogen-bond donors (Lipinski definition) is 2. The Kier molecular flexibility index (Phi) is 2.50. The van der Waals surface area contributed by atoms with Crippen molar-refractivity contribution in [3.8, 4) is 0 Å². The number of hydrogen-bond acceptors (Lipinski definition) is 5. The molecule has 0 aliphatic rings. The largest absolute Gasteiger partial charge is 0.433 e. The van der Waals surface area contributed by atoms with Crippen LogP contribution in [0.1, 0.15) is 16.1 Å². The Morgan fingerprint density at radius 3 is 2.60 bits per heavy atom. The first kappa shape index (κ1) is 11.9. The van der Waals surface area contributed by atoms with Crippen LogP contribution in [-0.4, -0.2) is 20.7 Å². The lowest BCUT2D eigenvalue weighted by Crippen LogP contribution is -2.00. The van der Waals surface area contributed by atoms with Crippen molar-refractivity contribution in [2.45, 2.75) is 0 Å². The molecular weight excluding hydrogens is 266 g/mol. The molecule has 0 spiro atoms. The van der Waals surface area contributed by atoms with Crippen molar-refractivity contribution in [3.05, 3.63) is 62.3 Å². The lowest BCUT2D eigenvalue weighted by Gasteiger charge is -1.97. The van der Waals surface area contributed by atoms with Gasteiger partial charge in [0.1, 0.15) is 4.92 Å². The van der Waals surface area contributed by atoms with Crippen molar-refractivity contribution < 1.29 is 14.1 Å². The number of H-pyrrole nitrogens is 2. The highest BCUT2D eigenvalue weighted by Crippen LogP contribution is 2.20. The standard InChI is InChI=1S/C12H7N3O5/c16-11(9-3-4-10(20-9)15(18)19)6-1-2-7-8(5-6)14-12(17)13-7/h1-5H,(H2,13,14,17). The van der Waals surface area contributed by atoms with Crippen LogP contribution in [-0.2, 0) is 0 Å². The summed E-state index contributed by atoms with van der Waals surface area (Å²) in [4.78, 5) is 38.1. The van der Waals surface area contributed by atoms with Gasteiger partial charge in [0.05, 0.1) is 17.1 Å². The van der Waals surface area contributed by atoms with Crippen LogP contribution < -0.4 is 5.69 Å². The number of ketones is 1. The van der Waals surface area contributed by atoms with Crippen LogP contribution in [0.3, 0.4) is 0 Å². The molecule has 0 aliphatic heterocycles. The smallest absolute Gasteiger partial charge is 0.397 e. The Morgan fingerprint density at radius 2 is 1.90 bits per heavy atom. The van der Waals surface area contributed by atoms with Crippen molar-refractivity contribution >= 4 is 22.7 Å². The first-order valence-corrected chi connectivity index (χ1v) is 5.55. The van der Waals surface area contributed by atoms with Gasteiger partial charge in [-0.25, -0.2) is 4.79 Å². The van der Waals surface area contributed by atoms with Gasteiger partial charge in [-0.05, 0) is 24.3 Å². The second-order valence-corrected chi connectivity index (χ2v) is 4.06. The molecule has 2 aromatic heterocycles. The van der Waals surface area contributed by atoms with E-state index in [-0.39, 0.29) is 17.0 Å². The number of benzene rings is 1. The van der Waals surface area contributed by atoms with Gasteiger partial charge in [0.15, 0.2) is 5.76 Å². The monoisotopic (exact) mass is 273 g/mol. The predicted molar refractivity (Wildman–Crippen MR) is 67.7 cm³/mol. The number of carbonyl (C=O) groups is 1. The molecule has 0 radical (unpaired) electrons. The van der Waals surface area contributed by atoms with Crippen LogP contribution in [0.2, 0.25) is 0 Å². The van der Waals surface area contributed by atoms with Crippen molar-refractivity contribution in [2.75, 3.05) is 0 Å². The fraction of sp³-hybridized carbons (Fsp3) is 0. The van der Waals surface area contributed by atoms with Crippen LogP contribution >= 0.6 is 0 Å². The summed E-state index contributed by atoms with van der Waals surface area (Å²) in [5.41, 5.74) is 0.925. The van der Waals surface area contributed by atoms with Gasteiger partial charge in [-0.3, -0.25) is 14.9 Å². The topological polar surface area (TPSA) is 122 Å². The second kappa shape index (κ2) is 4.19. The third-order valence-corrected chi connectivity index (χ3v) is 2.77. The fourth-order valence-corrected chi connectivity index (χ4v) is 1.86. The van der Waals surface area contributed by atoms with E-state index in [9.17, 15) is 19.7 Å². The first-order chi connectivity index (χ1) is 9.54. The molecule has 20 heavy (non-hydrogen) atoms. The maximum absolute atomic E-state index is 12.1. The number of fused-ring (bicyclic) bond motifs is 1. The Hall–Kier alpha value is -3.16. The number of nitrogens with zero attached hydrogens (tertiary/aromatic N) is 1. The molecular formula is C12H7N3O5. The number of imidazole rings is 1. The van der Waals surface area contributed by atoms with E-state index in [2.05, 4.69) is 9.97 Å². The molecule has 2 heterocycles. The summed E-state index contributed by atoms with van der Waals surface area (Å²) in [6, 6.07) is 6.90. The number of nitro groups is 1. The van der Waals surface area contributed by atoms with Gasteiger partial charge in [-0.15, -0.1) is 0 Å². The highest BCUT2D eigenvalue weighted by atomic mass is 16.6. The van der Waals surface area contributed by atoms with E-state index >= 15 is 0 Å². The van der Waals surface area contributed by atoms with Crippen molar-refractivity contribution in [2.24, 2.45) is 0 Å². The third kappa shape index (κ3) is 1.88. The Morgan fingerprint density at radius 1 is 1.15 bits per heavy atom. The van der Waals surface area contributed by atoms with E-state index in [1.807, 2.05) is 0 Å². The van der Waals surface area contributed by atoms with Gasteiger partial charge in [-0.2, -0.15) is 0 Å². The summed E-state index contributed by atoms with van der Waals surface area (Å²) in [5.74, 6) is -1.12. The number of rotatable bonds is 3. The molecule has 0 fully saturated rings. The van der Waals surface area contributed by atoms with E-state index in [1.165, 1.54) is 18.2 Å². The predicted octanol–water partition coefficient (Wildman–Crippen LogP) is 1.59. The van der Waals surface area contributed by atoms with Gasteiger partial charge in [0.2, 0.25) is 5.78 Å². The Bertz CT molecular complexity index is 886. The summed E-state index contributed by atoms with van der Waals surface area (Å²) in [7, 11) is 0. The molecule has 100 valence electrons. The van der Waals surface area contributed by atoms with Gasteiger partial charge >= 0.3 is 11.6 Å². The highest BCUT2D eigenvalue weighted by Gasteiger charge is 2.19. The second-order valence-electron chi connectivity index (χ2n) is 4.06. The van der Waals surface area contributed by atoms with E-state index in [0.29, 0.717) is 11.0 Å². The molecule has 1 aromatic carbocycles. The van der Waals surface area contributed by atoms with Crippen molar-refractivity contribution in [1.29, 1.82) is 0 Å².